The molecule has 0 saturated carbocycles. The molecule has 0 heterocycles. The molecule has 0 aliphatic rings. The van der Waals surface area contributed by atoms with Crippen LogP contribution in [0, 0.1) is 0 Å². The largest absolute Gasteiger partial charge is 0.461 e. The van der Waals surface area contributed by atoms with Gasteiger partial charge in [0.05, 0.1) is 25.2 Å². The van der Waals surface area contributed by atoms with E-state index in [1.807, 2.05) is 12.2 Å². The number of aliphatic hydroxyl groups excluding tert-OH is 2. The number of amides is 1. The van der Waals surface area contributed by atoms with E-state index in [0.717, 1.165) is 109 Å². The summed E-state index contributed by atoms with van der Waals surface area (Å²) in [6.07, 6.45) is 69.9. The maximum Gasteiger partial charge on any atom is 0.306 e. The van der Waals surface area contributed by atoms with Crippen molar-refractivity contribution in [1.82, 2.24) is 5.32 Å². The average Bonchev–Trinajstić information content (AvgIpc) is 3.29. The van der Waals surface area contributed by atoms with Crippen molar-refractivity contribution >= 4 is 11.9 Å². The van der Waals surface area contributed by atoms with Crippen LogP contribution in [-0.2, 0) is 14.3 Å². The molecule has 0 aromatic heterocycles. The molecule has 6 heteroatoms. The van der Waals surface area contributed by atoms with Crippen LogP contribution in [0.3, 0.4) is 0 Å². The molecule has 3 unspecified atom stereocenters. The molecule has 0 aromatic rings. The van der Waals surface area contributed by atoms with Crippen molar-refractivity contribution in [3.63, 3.8) is 0 Å². The minimum Gasteiger partial charge on any atom is -0.461 e. The number of esters is 1. The van der Waals surface area contributed by atoms with Gasteiger partial charge in [0, 0.05) is 12.8 Å². The predicted molar refractivity (Wildman–Crippen MR) is 277 cm³/mol. The number of rotatable bonds is 44. The third kappa shape index (κ3) is 44.9. The molecule has 1 amide bonds. The van der Waals surface area contributed by atoms with Crippen molar-refractivity contribution in [2.45, 2.75) is 225 Å². The second-order valence-electron chi connectivity index (χ2n) is 16.8. The van der Waals surface area contributed by atoms with Gasteiger partial charge in [0.25, 0.3) is 0 Å². The molecule has 0 radical (unpaired) electrons. The average molecular weight is 886 g/mol. The van der Waals surface area contributed by atoms with Crippen LogP contribution < -0.4 is 5.32 Å². The Balaban J connectivity index is 4.80. The van der Waals surface area contributed by atoms with E-state index in [9.17, 15) is 19.8 Å². The summed E-state index contributed by atoms with van der Waals surface area (Å²) in [5, 5.41) is 23.7. The Morgan fingerprint density at radius 2 is 0.875 bits per heavy atom. The second kappa shape index (κ2) is 50.3. The summed E-state index contributed by atoms with van der Waals surface area (Å²) in [6.45, 7) is 6.20. The van der Waals surface area contributed by atoms with Crippen molar-refractivity contribution in [1.29, 1.82) is 0 Å². The highest BCUT2D eigenvalue weighted by atomic mass is 16.5. The number of allylic oxidation sites excluding steroid dienone is 19. The zero-order valence-electron chi connectivity index (χ0n) is 41.1. The fraction of sp³-hybridized carbons (Fsp3) is 0.621. The lowest BCUT2D eigenvalue weighted by Gasteiger charge is -2.24. The van der Waals surface area contributed by atoms with Gasteiger partial charge in [-0.3, -0.25) is 9.59 Å². The quantitative estimate of drug-likeness (QED) is 0.0322. The summed E-state index contributed by atoms with van der Waals surface area (Å²) < 4.78 is 5.85. The summed E-state index contributed by atoms with van der Waals surface area (Å²) in [4.78, 5) is 26.1. The number of ether oxygens (including phenoxy) is 1. The SMILES string of the molecule is CC/C=C\C/C=C\C/C=C\C/C=C\C/C=C\CCCCCC(=O)OC(C/C=C\C/C=C\C/C=C\C/C=C\C/C=C\CC)CC(=O)NC(CO)C(O)CCCCCCCCCCCCC. The van der Waals surface area contributed by atoms with E-state index < -0.39 is 18.2 Å². The zero-order chi connectivity index (χ0) is 46.7. The van der Waals surface area contributed by atoms with Crippen LogP contribution >= 0.6 is 0 Å². The van der Waals surface area contributed by atoms with Gasteiger partial charge in [-0.15, -0.1) is 0 Å². The lowest BCUT2D eigenvalue weighted by atomic mass is 10.0. The fourth-order valence-electron chi connectivity index (χ4n) is 6.95. The van der Waals surface area contributed by atoms with Crippen LogP contribution in [0.15, 0.2) is 122 Å². The third-order valence-corrected chi connectivity index (χ3v) is 10.8. The van der Waals surface area contributed by atoms with Crippen molar-refractivity contribution < 1.29 is 24.5 Å². The summed E-state index contributed by atoms with van der Waals surface area (Å²) in [5.74, 6) is -0.630. The van der Waals surface area contributed by atoms with Gasteiger partial charge < -0.3 is 20.3 Å². The molecule has 0 fully saturated rings. The molecule has 64 heavy (non-hydrogen) atoms. The Bertz CT molecular complexity index is 1360. The molecule has 0 spiro atoms. The number of hydrogen-bond donors (Lipinski definition) is 3. The van der Waals surface area contributed by atoms with Crippen LogP contribution in [0.5, 0.6) is 0 Å². The van der Waals surface area contributed by atoms with Crippen molar-refractivity contribution in [2.75, 3.05) is 6.61 Å². The number of carbonyl (C=O) groups is 2. The normalized spacial score (nSPS) is 14.3. The summed E-state index contributed by atoms with van der Waals surface area (Å²) in [7, 11) is 0. The van der Waals surface area contributed by atoms with E-state index in [2.05, 4.69) is 135 Å². The van der Waals surface area contributed by atoms with E-state index in [0.29, 0.717) is 19.3 Å². The molecule has 362 valence electrons. The van der Waals surface area contributed by atoms with Crippen molar-refractivity contribution in [3.8, 4) is 0 Å². The Morgan fingerprint density at radius 1 is 0.484 bits per heavy atom. The van der Waals surface area contributed by atoms with Crippen LogP contribution in [0.4, 0.5) is 0 Å². The summed E-state index contributed by atoms with van der Waals surface area (Å²) >= 11 is 0. The summed E-state index contributed by atoms with van der Waals surface area (Å²) in [6, 6.07) is -0.747. The standard InChI is InChI=1S/C58H95NO5/c1-4-7-10-13-16-19-22-24-26-27-28-29-31-33-36-39-42-45-48-51-58(63)64-54(49-46-43-40-37-35-32-30-25-23-20-17-14-11-8-5-2)52-57(62)59-55(53-60)56(61)50-47-44-41-38-34-21-18-15-12-9-6-3/h7-8,10-11,16-17,19-20,24-26,28-30,33,35-37,43,46,54-56,60-61H,4-6,9,12-15,18,21-23,27,31-32,34,38-42,44-45,47-53H2,1-3H3,(H,59,62)/b10-7-,11-8-,19-16-,20-17-,26-24-,29-28-,30-25-,36-33-,37-35-,46-43-. The predicted octanol–water partition coefficient (Wildman–Crippen LogP) is 15.7. The minimum atomic E-state index is -0.825. The van der Waals surface area contributed by atoms with Crippen LogP contribution in [0.1, 0.15) is 207 Å². The van der Waals surface area contributed by atoms with Gasteiger partial charge in [0.15, 0.2) is 0 Å². The molecule has 0 aliphatic carbocycles. The van der Waals surface area contributed by atoms with Gasteiger partial charge >= 0.3 is 5.97 Å². The smallest absolute Gasteiger partial charge is 0.306 e. The zero-order valence-corrected chi connectivity index (χ0v) is 41.1. The van der Waals surface area contributed by atoms with Gasteiger partial charge in [-0.1, -0.05) is 219 Å². The monoisotopic (exact) mass is 886 g/mol. The van der Waals surface area contributed by atoms with Crippen molar-refractivity contribution in [2.24, 2.45) is 0 Å². The molecule has 3 N–H and O–H groups in total. The van der Waals surface area contributed by atoms with Crippen molar-refractivity contribution in [3.05, 3.63) is 122 Å². The highest BCUT2D eigenvalue weighted by Crippen LogP contribution is 2.15. The highest BCUT2D eigenvalue weighted by Gasteiger charge is 2.23. The molecule has 3 atom stereocenters. The fourth-order valence-corrected chi connectivity index (χ4v) is 6.95. The number of hydrogen-bond acceptors (Lipinski definition) is 5. The van der Waals surface area contributed by atoms with E-state index in [1.54, 1.807) is 0 Å². The van der Waals surface area contributed by atoms with Crippen LogP contribution in [0.2, 0.25) is 0 Å². The van der Waals surface area contributed by atoms with E-state index in [-0.39, 0.29) is 24.9 Å². The minimum absolute atomic E-state index is 0.0220. The molecular formula is C58H95NO5. The van der Waals surface area contributed by atoms with Gasteiger partial charge in [0.1, 0.15) is 6.10 Å². The molecule has 0 aromatic carbocycles. The molecule has 6 nitrogen and oxygen atoms in total. The second-order valence-corrected chi connectivity index (χ2v) is 16.8. The Kier molecular flexibility index (Phi) is 47.3. The number of carbonyl (C=O) groups excluding carboxylic acids is 2. The first-order valence-corrected chi connectivity index (χ1v) is 25.8. The first kappa shape index (κ1) is 60.3. The Hall–Kier alpha value is -3.74. The van der Waals surface area contributed by atoms with Gasteiger partial charge in [0.2, 0.25) is 5.91 Å². The Morgan fingerprint density at radius 3 is 1.31 bits per heavy atom. The Labute approximate surface area is 393 Å². The first-order chi connectivity index (χ1) is 31.5. The maximum atomic E-state index is 13.2. The van der Waals surface area contributed by atoms with Gasteiger partial charge in [-0.25, -0.2) is 0 Å². The summed E-state index contributed by atoms with van der Waals surface area (Å²) in [5.41, 5.74) is 0. The molecule has 0 rings (SSSR count). The highest BCUT2D eigenvalue weighted by molar-refractivity contribution is 5.77. The van der Waals surface area contributed by atoms with E-state index >= 15 is 0 Å². The van der Waals surface area contributed by atoms with Crippen LogP contribution in [0.25, 0.3) is 0 Å². The number of aliphatic hydroxyl groups is 2. The van der Waals surface area contributed by atoms with Crippen LogP contribution in [-0.4, -0.2) is 46.9 Å². The molecule has 0 saturated heterocycles. The molecular weight excluding hydrogens is 791 g/mol. The first-order valence-electron chi connectivity index (χ1n) is 25.8. The van der Waals surface area contributed by atoms with Gasteiger partial charge in [-0.2, -0.15) is 0 Å². The van der Waals surface area contributed by atoms with E-state index in [1.165, 1.54) is 51.4 Å². The van der Waals surface area contributed by atoms with E-state index in [4.69, 9.17) is 4.74 Å². The third-order valence-electron chi connectivity index (χ3n) is 10.8. The topological polar surface area (TPSA) is 95.9 Å². The molecule has 0 bridgehead atoms. The van der Waals surface area contributed by atoms with Gasteiger partial charge in [-0.05, 0) is 89.9 Å². The number of nitrogens with one attached hydrogen (secondary N) is 1. The lowest BCUT2D eigenvalue weighted by Crippen LogP contribution is -2.46. The molecule has 0 aliphatic heterocycles. The number of unbranched alkanes of at least 4 members (excludes halogenated alkanes) is 13. The lowest BCUT2D eigenvalue weighted by molar-refractivity contribution is -0.150. The maximum absolute atomic E-state index is 13.2.